The van der Waals surface area contributed by atoms with Gasteiger partial charge < -0.3 is 10.4 Å². The zero-order chi connectivity index (χ0) is 13.1. The van der Waals surface area contributed by atoms with Gasteiger partial charge in [-0.25, -0.2) is 0 Å². The average Bonchev–Trinajstić information content (AvgIpc) is 3.24. The van der Waals surface area contributed by atoms with E-state index in [1.807, 2.05) is 0 Å². The van der Waals surface area contributed by atoms with Crippen molar-refractivity contribution < 1.29 is 5.11 Å². The Bertz CT molecular complexity index is 437. The summed E-state index contributed by atoms with van der Waals surface area (Å²) in [5.74, 6) is 0. The predicted octanol–water partition coefficient (Wildman–Crippen LogP) is 2.47. The molecule has 2 aliphatic rings. The molecule has 2 N–H and O–H groups in total. The van der Waals surface area contributed by atoms with Gasteiger partial charge in [0.15, 0.2) is 0 Å². The molecule has 1 aromatic carbocycles. The first-order valence-corrected chi connectivity index (χ1v) is 7.74. The number of hydrogen-bond acceptors (Lipinski definition) is 2. The summed E-state index contributed by atoms with van der Waals surface area (Å²) in [5.41, 5.74) is 4.84. The summed E-state index contributed by atoms with van der Waals surface area (Å²) in [4.78, 5) is 0. The van der Waals surface area contributed by atoms with Crippen molar-refractivity contribution in [2.24, 2.45) is 5.41 Å². The Labute approximate surface area is 116 Å². The van der Waals surface area contributed by atoms with Crippen molar-refractivity contribution >= 4 is 0 Å². The van der Waals surface area contributed by atoms with Gasteiger partial charge in [-0.2, -0.15) is 0 Å². The molecular formula is C17H25NO. The normalized spacial score (nSPS) is 20.1. The van der Waals surface area contributed by atoms with E-state index in [2.05, 4.69) is 23.5 Å². The van der Waals surface area contributed by atoms with E-state index in [0.29, 0.717) is 6.61 Å². The molecule has 0 spiro atoms. The van der Waals surface area contributed by atoms with Crippen molar-refractivity contribution in [3.05, 3.63) is 34.9 Å². The van der Waals surface area contributed by atoms with Gasteiger partial charge in [0.2, 0.25) is 0 Å². The van der Waals surface area contributed by atoms with Crippen LogP contribution in [-0.2, 0) is 19.3 Å². The molecular weight excluding hydrogens is 234 g/mol. The lowest BCUT2D eigenvalue weighted by Gasteiger charge is -2.17. The highest BCUT2D eigenvalue weighted by Gasteiger charge is 2.41. The fraction of sp³-hybridized carbons (Fsp3) is 0.647. The van der Waals surface area contributed by atoms with Crippen LogP contribution in [0.4, 0.5) is 0 Å². The van der Waals surface area contributed by atoms with Crippen molar-refractivity contribution in [2.75, 3.05) is 19.7 Å². The molecule has 0 bridgehead atoms. The Morgan fingerprint density at radius 1 is 1.11 bits per heavy atom. The Kier molecular flexibility index (Phi) is 3.90. The molecule has 0 amide bonds. The van der Waals surface area contributed by atoms with E-state index < -0.39 is 0 Å². The first-order chi connectivity index (χ1) is 9.31. The molecule has 104 valence electrons. The lowest BCUT2D eigenvalue weighted by molar-refractivity contribution is 0.208. The van der Waals surface area contributed by atoms with E-state index in [-0.39, 0.29) is 5.41 Å². The zero-order valence-corrected chi connectivity index (χ0v) is 11.8. The Morgan fingerprint density at radius 3 is 2.63 bits per heavy atom. The van der Waals surface area contributed by atoms with E-state index in [0.717, 1.165) is 19.5 Å². The number of aryl methyl sites for hydroxylation is 2. The van der Waals surface area contributed by atoms with Crippen LogP contribution in [0.25, 0.3) is 0 Å². The van der Waals surface area contributed by atoms with Gasteiger partial charge in [-0.3, -0.25) is 0 Å². The third-order valence-corrected chi connectivity index (χ3v) is 4.80. The first kappa shape index (κ1) is 13.1. The second-order valence-electron chi connectivity index (χ2n) is 6.40. The molecule has 0 aliphatic heterocycles. The van der Waals surface area contributed by atoms with Gasteiger partial charge in [-0.05, 0) is 68.2 Å². The molecule has 1 aromatic rings. The fourth-order valence-corrected chi connectivity index (χ4v) is 3.10. The maximum Gasteiger partial charge on any atom is 0.0499 e. The number of rotatable bonds is 6. The van der Waals surface area contributed by atoms with Crippen LogP contribution >= 0.6 is 0 Å². The summed E-state index contributed by atoms with van der Waals surface area (Å²) in [5, 5.41) is 12.8. The number of aliphatic hydroxyl groups is 1. The molecule has 1 fully saturated rings. The Morgan fingerprint density at radius 2 is 1.89 bits per heavy atom. The minimum Gasteiger partial charge on any atom is -0.396 e. The molecule has 0 saturated heterocycles. The van der Waals surface area contributed by atoms with Gasteiger partial charge in [0.1, 0.15) is 0 Å². The molecule has 2 aliphatic carbocycles. The minimum absolute atomic E-state index is 0.232. The number of nitrogens with one attached hydrogen (secondary N) is 1. The van der Waals surface area contributed by atoms with Gasteiger partial charge in [-0.1, -0.05) is 18.2 Å². The number of benzene rings is 1. The van der Waals surface area contributed by atoms with E-state index in [4.69, 9.17) is 0 Å². The molecule has 19 heavy (non-hydrogen) atoms. The highest BCUT2D eigenvalue weighted by molar-refractivity contribution is 5.33. The summed E-state index contributed by atoms with van der Waals surface area (Å²) < 4.78 is 0. The maximum atomic E-state index is 9.27. The topological polar surface area (TPSA) is 32.3 Å². The summed E-state index contributed by atoms with van der Waals surface area (Å²) in [6, 6.07) is 7.04. The highest BCUT2D eigenvalue weighted by atomic mass is 16.3. The van der Waals surface area contributed by atoms with Crippen molar-refractivity contribution in [1.29, 1.82) is 0 Å². The molecule has 0 unspecified atom stereocenters. The number of fused-ring (bicyclic) bond motifs is 1. The van der Waals surface area contributed by atoms with Crippen LogP contribution in [0.2, 0.25) is 0 Å². The van der Waals surface area contributed by atoms with Crippen molar-refractivity contribution in [3.63, 3.8) is 0 Å². The molecule has 0 atom stereocenters. The van der Waals surface area contributed by atoms with Crippen molar-refractivity contribution in [1.82, 2.24) is 5.32 Å². The predicted molar refractivity (Wildman–Crippen MR) is 78.4 cm³/mol. The summed E-state index contributed by atoms with van der Waals surface area (Å²) in [6.07, 6.45) is 8.74. The molecule has 0 aromatic heterocycles. The smallest absolute Gasteiger partial charge is 0.0499 e. The fourth-order valence-electron chi connectivity index (χ4n) is 3.10. The highest BCUT2D eigenvalue weighted by Crippen LogP contribution is 2.44. The van der Waals surface area contributed by atoms with Crippen LogP contribution in [0.3, 0.4) is 0 Å². The van der Waals surface area contributed by atoms with Crippen LogP contribution in [0.1, 0.15) is 42.4 Å². The molecule has 0 heterocycles. The number of aliphatic hydroxyl groups excluding tert-OH is 1. The quantitative estimate of drug-likeness (QED) is 0.769. The van der Waals surface area contributed by atoms with Crippen LogP contribution in [0, 0.1) is 5.41 Å². The summed E-state index contributed by atoms with van der Waals surface area (Å²) in [7, 11) is 0. The average molecular weight is 259 g/mol. The Hall–Kier alpha value is -0.860. The van der Waals surface area contributed by atoms with Gasteiger partial charge in [0.25, 0.3) is 0 Å². The second-order valence-corrected chi connectivity index (χ2v) is 6.40. The van der Waals surface area contributed by atoms with Crippen molar-refractivity contribution in [2.45, 2.75) is 44.9 Å². The van der Waals surface area contributed by atoms with E-state index in [1.165, 1.54) is 44.1 Å². The van der Waals surface area contributed by atoms with Gasteiger partial charge in [-0.15, -0.1) is 0 Å². The SMILES string of the molecule is OCC1(CNCCc2ccc3c(c2)CCCC3)CC1. The third-order valence-electron chi connectivity index (χ3n) is 4.80. The maximum absolute atomic E-state index is 9.27. The van der Waals surface area contributed by atoms with Crippen LogP contribution in [-0.4, -0.2) is 24.8 Å². The lowest BCUT2D eigenvalue weighted by Crippen LogP contribution is -2.28. The first-order valence-electron chi connectivity index (χ1n) is 7.74. The van der Waals surface area contributed by atoms with Gasteiger partial charge >= 0.3 is 0 Å². The van der Waals surface area contributed by atoms with Gasteiger partial charge in [0.05, 0.1) is 0 Å². The molecule has 3 rings (SSSR count). The minimum atomic E-state index is 0.232. The van der Waals surface area contributed by atoms with Crippen LogP contribution < -0.4 is 5.32 Å². The van der Waals surface area contributed by atoms with Crippen molar-refractivity contribution in [3.8, 4) is 0 Å². The van der Waals surface area contributed by atoms with Crippen LogP contribution in [0.15, 0.2) is 18.2 Å². The zero-order valence-electron chi connectivity index (χ0n) is 11.8. The second kappa shape index (κ2) is 5.64. The molecule has 2 heteroatoms. The van der Waals surface area contributed by atoms with E-state index in [9.17, 15) is 5.11 Å². The van der Waals surface area contributed by atoms with Gasteiger partial charge in [0, 0.05) is 18.6 Å². The number of hydrogen-bond donors (Lipinski definition) is 2. The standard InChI is InChI=1S/C17H25NO/c19-13-17(8-9-17)12-18-10-7-14-5-6-15-3-1-2-4-16(15)11-14/h5-6,11,18-19H,1-4,7-10,12-13H2. The third kappa shape index (κ3) is 3.18. The molecule has 1 saturated carbocycles. The molecule has 0 radical (unpaired) electrons. The lowest BCUT2D eigenvalue weighted by atomic mass is 9.90. The summed E-state index contributed by atoms with van der Waals surface area (Å²) in [6.45, 7) is 2.35. The van der Waals surface area contributed by atoms with E-state index in [1.54, 1.807) is 11.1 Å². The Balaban J connectivity index is 1.47. The van der Waals surface area contributed by atoms with E-state index >= 15 is 0 Å². The van der Waals surface area contributed by atoms with Crippen LogP contribution in [0.5, 0.6) is 0 Å². The molecule has 2 nitrogen and oxygen atoms in total. The monoisotopic (exact) mass is 259 g/mol. The summed E-state index contributed by atoms with van der Waals surface area (Å²) >= 11 is 0. The largest absolute Gasteiger partial charge is 0.396 e.